The lowest BCUT2D eigenvalue weighted by molar-refractivity contribution is -0.117. The molecule has 1 unspecified atom stereocenters. The summed E-state index contributed by atoms with van der Waals surface area (Å²) in [6.07, 6.45) is 1.93. The zero-order valence-corrected chi connectivity index (χ0v) is 16.9. The number of benzene rings is 2. The number of rotatable bonds is 6. The topological polar surface area (TPSA) is 61.4 Å². The number of hydrogen-bond acceptors (Lipinski definition) is 3. The Morgan fingerprint density at radius 3 is 2.54 bits per heavy atom. The van der Waals surface area contributed by atoms with E-state index in [0.717, 1.165) is 30.8 Å². The number of fused-ring (bicyclic) bond motifs is 1. The maximum Gasteiger partial charge on any atom is 0.238 e. The van der Waals surface area contributed by atoms with Gasteiger partial charge in [-0.25, -0.2) is 0 Å². The summed E-state index contributed by atoms with van der Waals surface area (Å²) < 4.78 is 0. The van der Waals surface area contributed by atoms with Crippen molar-refractivity contribution in [2.75, 3.05) is 23.7 Å². The van der Waals surface area contributed by atoms with Crippen molar-refractivity contribution in [3.8, 4) is 0 Å². The molecule has 28 heavy (non-hydrogen) atoms. The van der Waals surface area contributed by atoms with Crippen LogP contribution in [-0.2, 0) is 22.6 Å². The number of anilines is 2. The Morgan fingerprint density at radius 2 is 1.86 bits per heavy atom. The van der Waals surface area contributed by atoms with E-state index in [1.54, 1.807) is 0 Å². The van der Waals surface area contributed by atoms with E-state index < -0.39 is 0 Å². The summed E-state index contributed by atoms with van der Waals surface area (Å²) in [6.45, 7) is 7.77. The van der Waals surface area contributed by atoms with Crippen molar-refractivity contribution in [3.63, 3.8) is 0 Å². The summed E-state index contributed by atoms with van der Waals surface area (Å²) in [5, 5.41) is 5.90. The lowest BCUT2D eigenvalue weighted by atomic mass is 9.97. The van der Waals surface area contributed by atoms with Crippen LogP contribution in [0.2, 0.25) is 0 Å². The Bertz CT molecular complexity index is 845. The Kier molecular flexibility index (Phi) is 6.47. The van der Waals surface area contributed by atoms with Crippen molar-refractivity contribution in [2.45, 2.75) is 46.1 Å². The first-order valence-electron chi connectivity index (χ1n) is 9.96. The molecule has 0 aromatic heterocycles. The number of carbonyl (C=O) groups is 2. The molecule has 2 aromatic carbocycles. The molecule has 1 heterocycles. The molecule has 2 amide bonds. The summed E-state index contributed by atoms with van der Waals surface area (Å²) in [7, 11) is 0. The number of nitrogens with zero attached hydrogens (tertiary/aromatic N) is 1. The largest absolute Gasteiger partial charge is 0.326 e. The molecule has 2 aromatic rings. The average molecular weight is 380 g/mol. The second-order valence-corrected chi connectivity index (χ2v) is 7.56. The predicted octanol–water partition coefficient (Wildman–Crippen LogP) is 4.16. The zero-order chi connectivity index (χ0) is 20.1. The van der Waals surface area contributed by atoms with Gasteiger partial charge in [0.2, 0.25) is 11.8 Å². The van der Waals surface area contributed by atoms with Crippen LogP contribution in [0.4, 0.5) is 11.4 Å². The minimum atomic E-state index is -0.0606. The summed E-state index contributed by atoms with van der Waals surface area (Å²) in [4.78, 5) is 26.0. The minimum Gasteiger partial charge on any atom is -0.326 e. The second kappa shape index (κ2) is 9.02. The molecule has 3 rings (SSSR count). The van der Waals surface area contributed by atoms with Crippen LogP contribution in [0.1, 0.15) is 49.8 Å². The van der Waals surface area contributed by atoms with Crippen molar-refractivity contribution >= 4 is 23.2 Å². The SMILES string of the molecule is CCC(C)c1ccc(NC(=O)CN2CCc3c(cccc3NC(C)=O)C2)cc1. The molecule has 0 saturated heterocycles. The molecule has 0 saturated carbocycles. The minimum absolute atomic E-state index is 0.00208. The van der Waals surface area contributed by atoms with E-state index in [2.05, 4.69) is 47.6 Å². The van der Waals surface area contributed by atoms with E-state index in [1.165, 1.54) is 23.6 Å². The maximum absolute atomic E-state index is 12.5. The highest BCUT2D eigenvalue weighted by Gasteiger charge is 2.21. The van der Waals surface area contributed by atoms with Crippen molar-refractivity contribution in [1.82, 2.24) is 4.90 Å². The van der Waals surface area contributed by atoms with Gasteiger partial charge in [0, 0.05) is 31.4 Å². The van der Waals surface area contributed by atoms with Crippen molar-refractivity contribution in [3.05, 3.63) is 59.2 Å². The fourth-order valence-corrected chi connectivity index (χ4v) is 3.64. The molecule has 0 bridgehead atoms. The van der Waals surface area contributed by atoms with Gasteiger partial charge in [-0.05, 0) is 53.6 Å². The smallest absolute Gasteiger partial charge is 0.238 e. The molecule has 1 aliphatic rings. The maximum atomic E-state index is 12.5. The van der Waals surface area contributed by atoms with Crippen LogP contribution in [0.15, 0.2) is 42.5 Å². The van der Waals surface area contributed by atoms with E-state index in [4.69, 9.17) is 0 Å². The van der Waals surface area contributed by atoms with Crippen molar-refractivity contribution in [1.29, 1.82) is 0 Å². The highest BCUT2D eigenvalue weighted by Crippen LogP contribution is 2.26. The van der Waals surface area contributed by atoms with E-state index in [1.807, 2.05) is 24.3 Å². The quantitative estimate of drug-likeness (QED) is 0.792. The van der Waals surface area contributed by atoms with E-state index >= 15 is 0 Å². The van der Waals surface area contributed by atoms with Gasteiger partial charge in [0.1, 0.15) is 0 Å². The Morgan fingerprint density at radius 1 is 1.11 bits per heavy atom. The molecule has 1 aliphatic heterocycles. The molecule has 0 spiro atoms. The van der Waals surface area contributed by atoms with E-state index in [9.17, 15) is 9.59 Å². The van der Waals surface area contributed by atoms with Gasteiger partial charge in [0.15, 0.2) is 0 Å². The zero-order valence-electron chi connectivity index (χ0n) is 16.9. The predicted molar refractivity (Wildman–Crippen MR) is 114 cm³/mol. The van der Waals surface area contributed by atoms with Crippen LogP contribution < -0.4 is 10.6 Å². The van der Waals surface area contributed by atoms with Crippen LogP contribution in [0.3, 0.4) is 0 Å². The van der Waals surface area contributed by atoms with Gasteiger partial charge in [0.05, 0.1) is 6.54 Å². The lowest BCUT2D eigenvalue weighted by Gasteiger charge is -2.29. The number of amides is 2. The summed E-state index contributed by atoms with van der Waals surface area (Å²) >= 11 is 0. The number of carbonyl (C=O) groups excluding carboxylic acids is 2. The van der Waals surface area contributed by atoms with Crippen molar-refractivity contribution in [2.24, 2.45) is 0 Å². The highest BCUT2D eigenvalue weighted by atomic mass is 16.2. The number of nitrogens with one attached hydrogen (secondary N) is 2. The Balaban J connectivity index is 1.58. The first kappa shape index (κ1) is 20.1. The Hall–Kier alpha value is -2.66. The Labute approximate surface area is 167 Å². The van der Waals surface area contributed by atoms with Crippen LogP contribution in [0.25, 0.3) is 0 Å². The standard InChI is InChI=1S/C23H29N3O2/c1-4-16(2)18-8-10-20(11-9-18)25-23(28)15-26-13-12-21-19(14-26)6-5-7-22(21)24-17(3)27/h5-11,16H,4,12-15H2,1-3H3,(H,24,27)(H,25,28). The molecular weight excluding hydrogens is 350 g/mol. The van der Waals surface area contributed by atoms with Gasteiger partial charge in [-0.1, -0.05) is 38.1 Å². The fourth-order valence-electron chi connectivity index (χ4n) is 3.64. The molecule has 148 valence electrons. The molecular formula is C23H29N3O2. The monoisotopic (exact) mass is 379 g/mol. The van der Waals surface area contributed by atoms with Gasteiger partial charge in [-0.2, -0.15) is 0 Å². The van der Waals surface area contributed by atoms with Crippen LogP contribution in [0.5, 0.6) is 0 Å². The van der Waals surface area contributed by atoms with Crippen LogP contribution >= 0.6 is 0 Å². The van der Waals surface area contributed by atoms with E-state index in [0.29, 0.717) is 19.0 Å². The van der Waals surface area contributed by atoms with Crippen molar-refractivity contribution < 1.29 is 9.59 Å². The molecule has 0 radical (unpaired) electrons. The van der Waals surface area contributed by atoms with Gasteiger partial charge >= 0.3 is 0 Å². The van der Waals surface area contributed by atoms with Gasteiger partial charge in [0.25, 0.3) is 0 Å². The fraction of sp³-hybridized carbons (Fsp3) is 0.391. The van der Waals surface area contributed by atoms with Gasteiger partial charge in [-0.15, -0.1) is 0 Å². The molecule has 0 fully saturated rings. The van der Waals surface area contributed by atoms with Gasteiger partial charge < -0.3 is 10.6 Å². The third-order valence-electron chi connectivity index (χ3n) is 5.40. The lowest BCUT2D eigenvalue weighted by Crippen LogP contribution is -2.37. The first-order chi connectivity index (χ1) is 13.5. The normalized spacial score (nSPS) is 14.8. The van der Waals surface area contributed by atoms with Crippen LogP contribution in [0, 0.1) is 0 Å². The molecule has 5 nitrogen and oxygen atoms in total. The first-order valence-corrected chi connectivity index (χ1v) is 9.96. The third-order valence-corrected chi connectivity index (χ3v) is 5.40. The van der Waals surface area contributed by atoms with Gasteiger partial charge in [-0.3, -0.25) is 14.5 Å². The number of hydrogen-bond donors (Lipinski definition) is 2. The van der Waals surface area contributed by atoms with Crippen LogP contribution in [-0.4, -0.2) is 29.8 Å². The average Bonchev–Trinajstić information content (AvgIpc) is 2.67. The van der Waals surface area contributed by atoms with E-state index in [-0.39, 0.29) is 11.8 Å². The highest BCUT2D eigenvalue weighted by molar-refractivity contribution is 5.92. The second-order valence-electron chi connectivity index (χ2n) is 7.56. The summed E-state index contributed by atoms with van der Waals surface area (Å²) in [5.41, 5.74) is 5.36. The molecule has 2 N–H and O–H groups in total. The molecule has 0 aliphatic carbocycles. The molecule has 5 heteroatoms. The molecule has 1 atom stereocenters. The third kappa shape index (κ3) is 4.98. The summed E-state index contributed by atoms with van der Waals surface area (Å²) in [6, 6.07) is 14.1. The summed E-state index contributed by atoms with van der Waals surface area (Å²) in [5.74, 6) is 0.466.